The van der Waals surface area contributed by atoms with Crippen molar-refractivity contribution in [2.75, 3.05) is 10.6 Å². The highest BCUT2D eigenvalue weighted by atomic mass is 19.4. The van der Waals surface area contributed by atoms with Crippen LogP contribution >= 0.6 is 0 Å². The minimum absolute atomic E-state index is 0.119. The van der Waals surface area contributed by atoms with Crippen LogP contribution in [0.4, 0.5) is 24.5 Å². The second-order valence-electron chi connectivity index (χ2n) is 4.41. The van der Waals surface area contributed by atoms with E-state index in [4.69, 9.17) is 5.73 Å². The highest BCUT2D eigenvalue weighted by Gasteiger charge is 2.42. The van der Waals surface area contributed by atoms with E-state index in [1.54, 1.807) is 0 Å². The SMILES string of the molecule is NC(OC(=O)C(F)(F)F)C(=O)Nc1ccc2c(c1)CC(=O)N2. The van der Waals surface area contributed by atoms with Gasteiger partial charge in [0.1, 0.15) is 0 Å². The van der Waals surface area contributed by atoms with Gasteiger partial charge in [0.15, 0.2) is 0 Å². The lowest BCUT2D eigenvalue weighted by Gasteiger charge is -2.14. The van der Waals surface area contributed by atoms with Crippen molar-refractivity contribution < 1.29 is 32.3 Å². The van der Waals surface area contributed by atoms with Gasteiger partial charge in [0.2, 0.25) is 12.1 Å². The summed E-state index contributed by atoms with van der Waals surface area (Å²) in [5.74, 6) is -3.90. The molecule has 0 saturated carbocycles. The topological polar surface area (TPSA) is 111 Å². The number of hydrogen-bond acceptors (Lipinski definition) is 5. The Morgan fingerprint density at radius 3 is 2.68 bits per heavy atom. The number of halogens is 3. The molecular weight excluding hydrogens is 307 g/mol. The molecule has 1 aliphatic heterocycles. The van der Waals surface area contributed by atoms with Crippen LogP contribution in [0.5, 0.6) is 0 Å². The molecule has 22 heavy (non-hydrogen) atoms. The molecule has 0 spiro atoms. The maximum absolute atomic E-state index is 12.0. The molecule has 7 nitrogen and oxygen atoms in total. The summed E-state index contributed by atoms with van der Waals surface area (Å²) in [4.78, 5) is 33.3. The third-order valence-electron chi connectivity index (χ3n) is 2.72. The van der Waals surface area contributed by atoms with E-state index in [1.807, 2.05) is 0 Å². The number of nitrogens with two attached hydrogens (primary N) is 1. The number of benzene rings is 1. The fourth-order valence-corrected chi connectivity index (χ4v) is 1.76. The summed E-state index contributed by atoms with van der Waals surface area (Å²) in [6.07, 6.45) is -7.23. The number of hydrogen-bond donors (Lipinski definition) is 3. The van der Waals surface area contributed by atoms with E-state index >= 15 is 0 Å². The van der Waals surface area contributed by atoms with Crippen molar-refractivity contribution >= 4 is 29.2 Å². The Bertz CT molecular complexity index is 645. The number of nitrogens with one attached hydrogen (secondary N) is 2. The summed E-state index contributed by atoms with van der Waals surface area (Å²) in [5.41, 5.74) is 6.48. The molecule has 4 N–H and O–H groups in total. The summed E-state index contributed by atoms with van der Waals surface area (Å²) in [7, 11) is 0. The molecule has 1 heterocycles. The van der Waals surface area contributed by atoms with Crippen molar-refractivity contribution in [1.82, 2.24) is 0 Å². The van der Waals surface area contributed by atoms with E-state index in [0.717, 1.165) is 0 Å². The quantitative estimate of drug-likeness (QED) is 0.556. The number of anilines is 2. The fourth-order valence-electron chi connectivity index (χ4n) is 1.76. The molecule has 2 rings (SSSR count). The monoisotopic (exact) mass is 317 g/mol. The summed E-state index contributed by atoms with van der Waals surface area (Å²) < 4.78 is 39.8. The lowest BCUT2D eigenvalue weighted by molar-refractivity contribution is -0.204. The van der Waals surface area contributed by atoms with E-state index < -0.39 is 24.3 Å². The Morgan fingerprint density at radius 1 is 1.36 bits per heavy atom. The van der Waals surface area contributed by atoms with Gasteiger partial charge in [-0.25, -0.2) is 4.79 Å². The highest BCUT2D eigenvalue weighted by Crippen LogP contribution is 2.26. The number of esters is 1. The second kappa shape index (κ2) is 5.64. The number of carbonyl (C=O) groups is 3. The molecule has 0 radical (unpaired) electrons. The zero-order chi connectivity index (χ0) is 16.5. The molecule has 0 aliphatic carbocycles. The van der Waals surface area contributed by atoms with Gasteiger partial charge >= 0.3 is 12.1 Å². The van der Waals surface area contributed by atoms with Crippen LogP contribution < -0.4 is 16.4 Å². The van der Waals surface area contributed by atoms with E-state index in [0.29, 0.717) is 11.3 Å². The molecule has 118 valence electrons. The van der Waals surface area contributed by atoms with Gasteiger partial charge in [-0.05, 0) is 23.8 Å². The maximum Gasteiger partial charge on any atom is 0.490 e. The van der Waals surface area contributed by atoms with E-state index in [2.05, 4.69) is 15.4 Å². The lowest BCUT2D eigenvalue weighted by atomic mass is 10.1. The number of carbonyl (C=O) groups excluding carboxylic acids is 3. The smallest absolute Gasteiger partial charge is 0.430 e. The standard InChI is InChI=1S/C12H10F3N3O4/c13-12(14,15)11(21)22-9(16)10(20)17-6-1-2-7-5(3-6)4-8(19)18-7/h1-3,9H,4,16H2,(H,17,20)(H,18,19). The van der Waals surface area contributed by atoms with Crippen molar-refractivity contribution in [2.45, 2.75) is 18.8 Å². The van der Waals surface area contributed by atoms with Crippen LogP contribution in [0.15, 0.2) is 18.2 Å². The summed E-state index contributed by atoms with van der Waals surface area (Å²) in [6, 6.07) is 4.40. The molecule has 0 bridgehead atoms. The maximum atomic E-state index is 12.0. The van der Waals surface area contributed by atoms with Crippen LogP contribution in [0.25, 0.3) is 0 Å². The Labute approximate surface area is 121 Å². The third kappa shape index (κ3) is 3.52. The van der Waals surface area contributed by atoms with Gasteiger partial charge in [-0.1, -0.05) is 0 Å². The summed E-state index contributed by atoms with van der Waals surface area (Å²) in [5, 5.41) is 4.77. The fraction of sp³-hybridized carbons (Fsp3) is 0.250. The zero-order valence-electron chi connectivity index (χ0n) is 10.9. The number of ether oxygens (including phenoxy) is 1. The van der Waals surface area contributed by atoms with Gasteiger partial charge in [-0.3, -0.25) is 15.3 Å². The molecule has 0 fully saturated rings. The molecule has 1 aromatic carbocycles. The lowest BCUT2D eigenvalue weighted by Crippen LogP contribution is -2.42. The second-order valence-corrected chi connectivity index (χ2v) is 4.41. The largest absolute Gasteiger partial charge is 0.490 e. The van der Waals surface area contributed by atoms with Gasteiger partial charge in [-0.15, -0.1) is 0 Å². The highest BCUT2D eigenvalue weighted by molar-refractivity contribution is 6.01. The Morgan fingerprint density at radius 2 is 2.05 bits per heavy atom. The minimum Gasteiger partial charge on any atom is -0.430 e. The van der Waals surface area contributed by atoms with E-state index in [9.17, 15) is 27.6 Å². The molecule has 1 atom stereocenters. The first kappa shape index (κ1) is 15.8. The Balaban J connectivity index is 1.99. The first-order valence-corrected chi connectivity index (χ1v) is 5.94. The zero-order valence-corrected chi connectivity index (χ0v) is 10.9. The van der Waals surface area contributed by atoms with Crippen LogP contribution in [-0.2, 0) is 25.5 Å². The van der Waals surface area contributed by atoms with Crippen LogP contribution in [0.2, 0.25) is 0 Å². The van der Waals surface area contributed by atoms with Gasteiger partial charge in [-0.2, -0.15) is 13.2 Å². The number of amides is 2. The predicted octanol–water partition coefficient (Wildman–Crippen LogP) is 0.510. The first-order valence-electron chi connectivity index (χ1n) is 5.94. The van der Waals surface area contributed by atoms with Crippen LogP contribution in [0, 0.1) is 0 Å². The van der Waals surface area contributed by atoms with Gasteiger partial charge < -0.3 is 15.4 Å². The average molecular weight is 317 g/mol. The molecular formula is C12H10F3N3O4. The average Bonchev–Trinajstić information content (AvgIpc) is 2.76. The van der Waals surface area contributed by atoms with Gasteiger partial charge in [0.05, 0.1) is 6.42 Å². The van der Waals surface area contributed by atoms with Crippen LogP contribution in [0.1, 0.15) is 5.56 Å². The molecule has 2 amide bonds. The van der Waals surface area contributed by atoms with Crippen molar-refractivity contribution in [3.8, 4) is 0 Å². The van der Waals surface area contributed by atoms with Gasteiger partial charge in [0.25, 0.3) is 5.91 Å². The van der Waals surface area contributed by atoms with Crippen LogP contribution in [-0.4, -0.2) is 30.2 Å². The third-order valence-corrected chi connectivity index (χ3v) is 2.72. The number of rotatable bonds is 3. The van der Waals surface area contributed by atoms with Crippen LogP contribution in [0.3, 0.4) is 0 Å². The van der Waals surface area contributed by atoms with E-state index in [-0.39, 0.29) is 18.0 Å². The summed E-state index contributed by atoms with van der Waals surface area (Å²) >= 11 is 0. The van der Waals surface area contributed by atoms with Crippen molar-refractivity contribution in [1.29, 1.82) is 0 Å². The molecule has 1 aliphatic rings. The number of fused-ring (bicyclic) bond motifs is 1. The van der Waals surface area contributed by atoms with E-state index in [1.165, 1.54) is 18.2 Å². The molecule has 1 aromatic rings. The number of alkyl halides is 3. The van der Waals surface area contributed by atoms with Crippen molar-refractivity contribution in [2.24, 2.45) is 5.73 Å². The first-order chi connectivity index (χ1) is 10.2. The Kier molecular flexibility index (Phi) is 4.04. The summed E-state index contributed by atoms with van der Waals surface area (Å²) in [6.45, 7) is 0. The minimum atomic E-state index is -5.24. The molecule has 10 heteroatoms. The van der Waals surface area contributed by atoms with Crippen molar-refractivity contribution in [3.63, 3.8) is 0 Å². The normalized spacial score (nSPS) is 14.8. The molecule has 0 aromatic heterocycles. The predicted molar refractivity (Wildman–Crippen MR) is 67.5 cm³/mol. The Hall–Kier alpha value is -2.62. The van der Waals surface area contributed by atoms with Gasteiger partial charge in [0, 0.05) is 11.4 Å². The molecule has 1 unspecified atom stereocenters. The van der Waals surface area contributed by atoms with Crippen molar-refractivity contribution in [3.05, 3.63) is 23.8 Å². The molecule has 0 saturated heterocycles.